The maximum atomic E-state index is 13.7. The fourth-order valence-corrected chi connectivity index (χ4v) is 2.26. The number of carbonyl (C=O) groups is 1. The lowest BCUT2D eigenvalue weighted by Crippen LogP contribution is -2.15. The van der Waals surface area contributed by atoms with E-state index in [1.54, 1.807) is 25.1 Å². The standard InChI is InChI=1S/C16H12ClFN4O2/c1-9-7-14(22-24-9)20-10-5-6-13(19-8-10)21-16(23)15-11(17)3-2-4-12(15)18/h2-8H,1H3,(H,20,22)(H,19,21,23). The second kappa shape index (κ2) is 6.67. The molecule has 0 aliphatic heterocycles. The molecule has 2 heterocycles. The minimum Gasteiger partial charge on any atom is -0.360 e. The van der Waals surface area contributed by atoms with Crippen molar-refractivity contribution in [3.8, 4) is 0 Å². The number of aromatic nitrogens is 2. The van der Waals surface area contributed by atoms with Gasteiger partial charge in [0.05, 0.1) is 22.5 Å². The van der Waals surface area contributed by atoms with Crippen molar-refractivity contribution >= 4 is 34.8 Å². The molecule has 0 atom stereocenters. The van der Waals surface area contributed by atoms with Crippen LogP contribution in [0.3, 0.4) is 0 Å². The van der Waals surface area contributed by atoms with Crippen molar-refractivity contribution < 1.29 is 13.7 Å². The second-order valence-corrected chi connectivity index (χ2v) is 5.34. The highest BCUT2D eigenvalue weighted by Crippen LogP contribution is 2.21. The van der Waals surface area contributed by atoms with Crippen LogP contribution in [0.1, 0.15) is 16.1 Å². The van der Waals surface area contributed by atoms with Crippen molar-refractivity contribution in [1.82, 2.24) is 10.1 Å². The molecule has 0 radical (unpaired) electrons. The molecule has 0 fully saturated rings. The molecular weight excluding hydrogens is 335 g/mol. The maximum Gasteiger partial charge on any atom is 0.261 e. The Labute approximate surface area is 141 Å². The highest BCUT2D eigenvalue weighted by atomic mass is 35.5. The summed E-state index contributed by atoms with van der Waals surface area (Å²) in [6, 6.07) is 9.03. The van der Waals surface area contributed by atoms with Gasteiger partial charge in [-0.3, -0.25) is 4.79 Å². The molecule has 2 aromatic heterocycles. The van der Waals surface area contributed by atoms with Gasteiger partial charge in [0.15, 0.2) is 5.82 Å². The number of nitrogens with one attached hydrogen (secondary N) is 2. The van der Waals surface area contributed by atoms with Gasteiger partial charge < -0.3 is 15.2 Å². The first-order valence-electron chi connectivity index (χ1n) is 6.94. The number of aryl methyl sites for hydroxylation is 1. The molecule has 3 aromatic rings. The average molecular weight is 347 g/mol. The summed E-state index contributed by atoms with van der Waals surface area (Å²) >= 11 is 5.86. The van der Waals surface area contributed by atoms with Crippen molar-refractivity contribution in [2.24, 2.45) is 0 Å². The third-order valence-corrected chi connectivity index (χ3v) is 3.41. The molecule has 6 nitrogen and oxygen atoms in total. The monoisotopic (exact) mass is 346 g/mol. The zero-order valence-electron chi connectivity index (χ0n) is 12.5. The Balaban J connectivity index is 1.71. The van der Waals surface area contributed by atoms with Gasteiger partial charge in [0.25, 0.3) is 5.91 Å². The Morgan fingerprint density at radius 1 is 1.25 bits per heavy atom. The molecule has 0 saturated heterocycles. The number of hydrogen-bond acceptors (Lipinski definition) is 5. The minimum atomic E-state index is -0.695. The third-order valence-electron chi connectivity index (χ3n) is 3.10. The number of nitrogens with zero attached hydrogens (tertiary/aromatic N) is 2. The molecule has 24 heavy (non-hydrogen) atoms. The number of hydrogen-bond donors (Lipinski definition) is 2. The van der Waals surface area contributed by atoms with E-state index in [9.17, 15) is 9.18 Å². The number of halogens is 2. The van der Waals surface area contributed by atoms with Crippen LogP contribution in [0.15, 0.2) is 47.1 Å². The van der Waals surface area contributed by atoms with Gasteiger partial charge in [0, 0.05) is 6.07 Å². The molecule has 0 bridgehead atoms. The third kappa shape index (κ3) is 3.52. The van der Waals surface area contributed by atoms with Gasteiger partial charge in [-0.15, -0.1) is 0 Å². The number of anilines is 3. The van der Waals surface area contributed by atoms with Gasteiger partial charge in [-0.2, -0.15) is 0 Å². The lowest BCUT2D eigenvalue weighted by molar-refractivity contribution is 0.102. The minimum absolute atomic E-state index is 0.0344. The van der Waals surface area contributed by atoms with Crippen molar-refractivity contribution in [3.05, 3.63) is 64.8 Å². The molecule has 0 aliphatic rings. The fraction of sp³-hybridized carbons (Fsp3) is 0.0625. The Kier molecular flexibility index (Phi) is 4.43. The van der Waals surface area contributed by atoms with Crippen molar-refractivity contribution in [3.63, 3.8) is 0 Å². The SMILES string of the molecule is Cc1cc(Nc2ccc(NC(=O)c3c(F)cccc3Cl)nc2)no1. The summed E-state index contributed by atoms with van der Waals surface area (Å²) < 4.78 is 18.7. The van der Waals surface area contributed by atoms with E-state index in [2.05, 4.69) is 20.8 Å². The molecule has 0 aliphatic carbocycles. The largest absolute Gasteiger partial charge is 0.360 e. The van der Waals surface area contributed by atoms with Crippen LogP contribution >= 0.6 is 11.6 Å². The first kappa shape index (κ1) is 15.9. The van der Waals surface area contributed by atoms with E-state index in [1.165, 1.54) is 24.4 Å². The van der Waals surface area contributed by atoms with E-state index in [0.717, 1.165) is 0 Å². The molecule has 2 N–H and O–H groups in total. The maximum absolute atomic E-state index is 13.7. The molecule has 1 aromatic carbocycles. The predicted molar refractivity (Wildman–Crippen MR) is 88.1 cm³/mol. The van der Waals surface area contributed by atoms with Gasteiger partial charge in [-0.25, -0.2) is 9.37 Å². The molecule has 8 heteroatoms. The number of carbonyl (C=O) groups excluding carboxylic acids is 1. The van der Waals surface area contributed by atoms with E-state index in [-0.39, 0.29) is 16.4 Å². The van der Waals surface area contributed by atoms with Crippen LogP contribution in [0.5, 0.6) is 0 Å². The van der Waals surface area contributed by atoms with E-state index < -0.39 is 11.7 Å². The Hall–Kier alpha value is -2.93. The summed E-state index contributed by atoms with van der Waals surface area (Å²) in [5.74, 6) is 0.125. The molecule has 1 amide bonds. The quantitative estimate of drug-likeness (QED) is 0.741. The second-order valence-electron chi connectivity index (χ2n) is 4.93. The highest BCUT2D eigenvalue weighted by Gasteiger charge is 2.16. The zero-order valence-corrected chi connectivity index (χ0v) is 13.3. The number of benzene rings is 1. The van der Waals surface area contributed by atoms with Gasteiger partial charge >= 0.3 is 0 Å². The van der Waals surface area contributed by atoms with Crippen molar-refractivity contribution in [2.45, 2.75) is 6.92 Å². The van der Waals surface area contributed by atoms with Crippen LogP contribution in [0.2, 0.25) is 5.02 Å². The fourth-order valence-electron chi connectivity index (χ4n) is 2.01. The summed E-state index contributed by atoms with van der Waals surface area (Å²) in [5.41, 5.74) is 0.437. The molecular formula is C16H12ClFN4O2. The number of amides is 1. The van der Waals surface area contributed by atoms with Gasteiger partial charge in [-0.1, -0.05) is 22.8 Å². The zero-order chi connectivity index (χ0) is 17.1. The summed E-state index contributed by atoms with van der Waals surface area (Å²) in [5, 5.41) is 9.33. The Morgan fingerprint density at radius 3 is 2.71 bits per heavy atom. The first-order valence-corrected chi connectivity index (χ1v) is 7.32. The Bertz CT molecular complexity index is 860. The lowest BCUT2D eigenvalue weighted by Gasteiger charge is -2.08. The van der Waals surface area contributed by atoms with E-state index in [4.69, 9.17) is 16.1 Å². The van der Waals surface area contributed by atoms with Gasteiger partial charge in [0.1, 0.15) is 17.4 Å². The number of pyridine rings is 1. The van der Waals surface area contributed by atoms with Crippen LogP contribution in [-0.4, -0.2) is 16.0 Å². The highest BCUT2D eigenvalue weighted by molar-refractivity contribution is 6.34. The van der Waals surface area contributed by atoms with E-state index in [0.29, 0.717) is 17.3 Å². The smallest absolute Gasteiger partial charge is 0.261 e. The topological polar surface area (TPSA) is 80.0 Å². The molecule has 3 rings (SSSR count). The van der Waals surface area contributed by atoms with Gasteiger partial charge in [0.2, 0.25) is 0 Å². The van der Waals surface area contributed by atoms with E-state index >= 15 is 0 Å². The molecule has 0 unspecified atom stereocenters. The van der Waals surface area contributed by atoms with Crippen LogP contribution in [0.25, 0.3) is 0 Å². The summed E-state index contributed by atoms with van der Waals surface area (Å²) in [4.78, 5) is 16.2. The Morgan fingerprint density at radius 2 is 2.08 bits per heavy atom. The van der Waals surface area contributed by atoms with Crippen LogP contribution in [0, 0.1) is 12.7 Å². The van der Waals surface area contributed by atoms with Crippen LogP contribution in [-0.2, 0) is 0 Å². The van der Waals surface area contributed by atoms with Gasteiger partial charge in [-0.05, 0) is 31.2 Å². The lowest BCUT2D eigenvalue weighted by atomic mass is 10.2. The predicted octanol–water partition coefficient (Wildman–Crippen LogP) is 4.17. The summed E-state index contributed by atoms with van der Waals surface area (Å²) in [6.45, 7) is 1.78. The normalized spacial score (nSPS) is 10.5. The number of rotatable bonds is 4. The first-order chi connectivity index (χ1) is 11.5. The molecule has 122 valence electrons. The van der Waals surface area contributed by atoms with Crippen molar-refractivity contribution in [2.75, 3.05) is 10.6 Å². The van der Waals surface area contributed by atoms with Crippen LogP contribution in [0.4, 0.5) is 21.7 Å². The molecule has 0 spiro atoms. The average Bonchev–Trinajstić information content (AvgIpc) is 2.94. The van der Waals surface area contributed by atoms with E-state index in [1.807, 2.05) is 0 Å². The summed E-state index contributed by atoms with van der Waals surface area (Å²) in [7, 11) is 0. The van der Waals surface area contributed by atoms with Crippen LogP contribution < -0.4 is 10.6 Å². The molecule has 0 saturated carbocycles. The summed E-state index contributed by atoms with van der Waals surface area (Å²) in [6.07, 6.45) is 1.50. The van der Waals surface area contributed by atoms with Crippen molar-refractivity contribution in [1.29, 1.82) is 0 Å².